The number of esters is 1. The van der Waals surface area contributed by atoms with Gasteiger partial charge in [0.1, 0.15) is 29.5 Å². The smallest absolute Gasteiger partial charge is 0.333 e. The first-order valence-corrected chi connectivity index (χ1v) is 20.2. The fourth-order valence-corrected chi connectivity index (χ4v) is 6.19. The molecule has 5 rings (SSSR count). The molecule has 0 fully saturated rings. The van der Waals surface area contributed by atoms with Crippen molar-refractivity contribution in [2.24, 2.45) is 21.1 Å². The normalized spacial score (nSPS) is 15.3. The van der Waals surface area contributed by atoms with Gasteiger partial charge in [0.25, 0.3) is 0 Å². The zero-order chi connectivity index (χ0) is 40.2. The first-order valence-electron chi connectivity index (χ1n) is 20.2. The van der Waals surface area contributed by atoms with Crippen molar-refractivity contribution in [3.05, 3.63) is 91.0 Å². The molecule has 9 nitrogen and oxygen atoms in total. The molecule has 56 heavy (non-hydrogen) atoms. The average molecular weight is 763 g/mol. The van der Waals surface area contributed by atoms with Crippen LogP contribution >= 0.6 is 0 Å². The Hall–Kier alpha value is -5.05. The minimum atomic E-state index is -0.536. The molecule has 1 unspecified atom stereocenters. The van der Waals surface area contributed by atoms with Gasteiger partial charge in [-0.05, 0) is 98.8 Å². The zero-order valence-corrected chi connectivity index (χ0v) is 34.6. The topological polar surface area (TPSA) is 103 Å². The van der Waals surface area contributed by atoms with E-state index < -0.39 is 5.66 Å². The molecule has 0 radical (unpaired) electrons. The van der Waals surface area contributed by atoms with Gasteiger partial charge in [-0.1, -0.05) is 91.9 Å². The SMILES string of the molecule is C=C(C)C(=O)OCCCCCCCCCCOc1ccc(/N=N/c2ccc3c4c(cccc24)NC(C)(COc2ccc(OCC(C)(C)C(C)(C)C)cc2)N3)cc1. The van der Waals surface area contributed by atoms with Crippen LogP contribution in [0.25, 0.3) is 10.8 Å². The van der Waals surface area contributed by atoms with Crippen LogP contribution in [0.5, 0.6) is 17.2 Å². The molecule has 0 saturated carbocycles. The van der Waals surface area contributed by atoms with Crippen LogP contribution in [0.15, 0.2) is 101 Å². The Morgan fingerprint density at radius 3 is 1.86 bits per heavy atom. The minimum Gasteiger partial charge on any atom is -0.494 e. The summed E-state index contributed by atoms with van der Waals surface area (Å²) in [6, 6.07) is 25.9. The van der Waals surface area contributed by atoms with E-state index in [0.29, 0.717) is 32.0 Å². The number of rotatable bonds is 21. The lowest BCUT2D eigenvalue weighted by atomic mass is 9.70. The van der Waals surface area contributed by atoms with Crippen molar-refractivity contribution in [3.63, 3.8) is 0 Å². The molecule has 0 amide bonds. The monoisotopic (exact) mass is 762 g/mol. The van der Waals surface area contributed by atoms with E-state index in [0.717, 1.165) is 76.5 Å². The van der Waals surface area contributed by atoms with Crippen molar-refractivity contribution >= 4 is 39.5 Å². The molecule has 1 heterocycles. The highest BCUT2D eigenvalue weighted by atomic mass is 16.5. The second kappa shape index (κ2) is 19.2. The number of nitrogens with zero attached hydrogens (tertiary/aromatic N) is 2. The number of unbranched alkanes of at least 4 members (excludes halogenated alkanes) is 7. The summed E-state index contributed by atoms with van der Waals surface area (Å²) in [5.74, 6) is 2.16. The Kier molecular flexibility index (Phi) is 14.4. The van der Waals surface area contributed by atoms with E-state index in [9.17, 15) is 4.79 Å². The molecule has 9 heteroatoms. The minimum absolute atomic E-state index is 0.0386. The molecule has 4 aromatic carbocycles. The van der Waals surface area contributed by atoms with Crippen LogP contribution in [0.2, 0.25) is 0 Å². The standard InChI is InChI=1S/C47H62N4O5/c1-34(2)44(52)54-31-16-14-12-10-9-11-13-15-30-53-36-22-20-35(21-23-36)50-51-40-28-29-42-43-39(40)18-17-19-41(43)48-47(8,49-42)33-56-38-26-24-37(25-27-38)55-32-46(6,7)45(3,4)5/h17-29,48-49H,1,9-16,30-33H2,2-8H3/b51-50+. The predicted octanol–water partition coefficient (Wildman–Crippen LogP) is 13.0. The number of hydrogen-bond acceptors (Lipinski definition) is 9. The van der Waals surface area contributed by atoms with E-state index in [4.69, 9.17) is 18.9 Å². The number of carbonyl (C=O) groups is 1. The summed E-state index contributed by atoms with van der Waals surface area (Å²) in [5, 5.41) is 18.6. The van der Waals surface area contributed by atoms with Crippen LogP contribution in [0, 0.1) is 10.8 Å². The molecule has 1 aliphatic rings. The van der Waals surface area contributed by atoms with Gasteiger partial charge in [0.2, 0.25) is 0 Å². The summed E-state index contributed by atoms with van der Waals surface area (Å²) in [7, 11) is 0. The van der Waals surface area contributed by atoms with E-state index in [2.05, 4.69) is 87.2 Å². The number of ether oxygens (including phenoxy) is 4. The zero-order valence-electron chi connectivity index (χ0n) is 34.6. The molecule has 0 spiro atoms. The van der Waals surface area contributed by atoms with Crippen LogP contribution in [0.1, 0.15) is 99.8 Å². The number of benzene rings is 4. The van der Waals surface area contributed by atoms with E-state index in [-0.39, 0.29) is 16.8 Å². The second-order valence-electron chi connectivity index (χ2n) is 16.9. The molecule has 0 aromatic heterocycles. The van der Waals surface area contributed by atoms with Crippen molar-refractivity contribution in [2.45, 2.75) is 105 Å². The summed E-state index contributed by atoms with van der Waals surface area (Å²) in [4.78, 5) is 11.4. The lowest BCUT2D eigenvalue weighted by Gasteiger charge is -2.38. The first-order chi connectivity index (χ1) is 26.7. The number of anilines is 2. The van der Waals surface area contributed by atoms with Gasteiger partial charge in [-0.3, -0.25) is 0 Å². The van der Waals surface area contributed by atoms with Crippen LogP contribution in [-0.4, -0.2) is 38.1 Å². The Bertz CT molecular complexity index is 1920. The summed E-state index contributed by atoms with van der Waals surface area (Å²) in [6.45, 7) is 20.8. The van der Waals surface area contributed by atoms with Crippen LogP contribution in [0.4, 0.5) is 22.7 Å². The van der Waals surface area contributed by atoms with E-state index >= 15 is 0 Å². The number of carbonyl (C=O) groups excluding carboxylic acids is 1. The van der Waals surface area contributed by atoms with Crippen LogP contribution in [-0.2, 0) is 9.53 Å². The third-order valence-corrected chi connectivity index (χ3v) is 10.8. The molecule has 300 valence electrons. The molecular weight excluding hydrogens is 701 g/mol. The van der Waals surface area contributed by atoms with Gasteiger partial charge in [0.05, 0.1) is 31.2 Å². The summed E-state index contributed by atoms with van der Waals surface area (Å²) >= 11 is 0. The maximum atomic E-state index is 11.4. The number of nitrogens with one attached hydrogen (secondary N) is 2. The van der Waals surface area contributed by atoms with E-state index in [1.165, 1.54) is 25.7 Å². The Labute approximate surface area is 334 Å². The quantitative estimate of drug-likeness (QED) is 0.0377. The van der Waals surface area contributed by atoms with Crippen molar-refractivity contribution in [1.82, 2.24) is 0 Å². The highest BCUT2D eigenvalue weighted by Gasteiger charge is 2.34. The van der Waals surface area contributed by atoms with Crippen molar-refractivity contribution < 1.29 is 23.7 Å². The Balaban J connectivity index is 1.04. The van der Waals surface area contributed by atoms with Gasteiger partial charge < -0.3 is 29.6 Å². The second-order valence-corrected chi connectivity index (χ2v) is 16.9. The van der Waals surface area contributed by atoms with E-state index in [1.807, 2.05) is 60.7 Å². The highest BCUT2D eigenvalue weighted by Crippen LogP contribution is 2.42. The maximum Gasteiger partial charge on any atom is 0.333 e. The van der Waals surface area contributed by atoms with Crippen LogP contribution in [0.3, 0.4) is 0 Å². The third-order valence-electron chi connectivity index (χ3n) is 10.8. The first kappa shape index (κ1) is 42.1. The summed E-state index contributed by atoms with van der Waals surface area (Å²) in [6.07, 6.45) is 8.97. The predicted molar refractivity (Wildman–Crippen MR) is 229 cm³/mol. The lowest BCUT2D eigenvalue weighted by Crippen LogP contribution is -2.50. The van der Waals surface area contributed by atoms with Crippen molar-refractivity contribution in [3.8, 4) is 17.2 Å². The molecule has 1 atom stereocenters. The average Bonchev–Trinajstić information content (AvgIpc) is 3.16. The molecule has 0 aliphatic carbocycles. The van der Waals surface area contributed by atoms with Crippen molar-refractivity contribution in [1.29, 1.82) is 0 Å². The fourth-order valence-electron chi connectivity index (χ4n) is 6.19. The van der Waals surface area contributed by atoms with Gasteiger partial charge in [-0.2, -0.15) is 5.11 Å². The van der Waals surface area contributed by atoms with Crippen LogP contribution < -0.4 is 24.8 Å². The number of azo groups is 1. The third kappa shape index (κ3) is 12.0. The van der Waals surface area contributed by atoms with Gasteiger partial charge in [0, 0.05) is 33.1 Å². The van der Waals surface area contributed by atoms with E-state index in [1.54, 1.807) is 6.92 Å². The Morgan fingerprint density at radius 2 is 1.23 bits per heavy atom. The molecule has 4 aromatic rings. The van der Waals surface area contributed by atoms with Gasteiger partial charge in [0.15, 0.2) is 0 Å². The summed E-state index contributed by atoms with van der Waals surface area (Å²) in [5.41, 5.74) is 3.69. The molecule has 0 bridgehead atoms. The van der Waals surface area contributed by atoms with Gasteiger partial charge in [-0.15, -0.1) is 5.11 Å². The summed E-state index contributed by atoms with van der Waals surface area (Å²) < 4.78 is 23.5. The maximum absolute atomic E-state index is 11.4. The lowest BCUT2D eigenvalue weighted by molar-refractivity contribution is -0.139. The molecule has 1 aliphatic heterocycles. The molecular formula is C47H62N4O5. The number of hydrogen-bond donors (Lipinski definition) is 2. The largest absolute Gasteiger partial charge is 0.494 e. The fraction of sp³-hybridized carbons (Fsp3) is 0.468. The highest BCUT2D eigenvalue weighted by molar-refractivity contribution is 6.09. The van der Waals surface area contributed by atoms with Crippen molar-refractivity contribution in [2.75, 3.05) is 37.1 Å². The van der Waals surface area contributed by atoms with Gasteiger partial charge >= 0.3 is 5.97 Å². The molecule has 2 N–H and O–H groups in total. The molecule has 0 saturated heterocycles. The Morgan fingerprint density at radius 1 is 0.679 bits per heavy atom. The van der Waals surface area contributed by atoms with Gasteiger partial charge in [-0.25, -0.2) is 4.79 Å².